The van der Waals surface area contributed by atoms with E-state index in [4.69, 9.17) is 28.4 Å². The summed E-state index contributed by atoms with van der Waals surface area (Å²) < 4.78 is 34.1. The number of unbranched alkanes of at least 4 members (excludes halogenated alkanes) is 29. The van der Waals surface area contributed by atoms with Gasteiger partial charge in [-0.2, -0.15) is 0 Å². The zero-order chi connectivity index (χ0) is 58.3. The summed E-state index contributed by atoms with van der Waals surface area (Å²) >= 11 is 0. The van der Waals surface area contributed by atoms with Gasteiger partial charge in [-0.3, -0.25) is 4.79 Å². The van der Waals surface area contributed by atoms with E-state index in [1.54, 1.807) is 6.08 Å². The molecule has 12 N–H and O–H groups in total. The van der Waals surface area contributed by atoms with Crippen LogP contribution in [0.1, 0.15) is 226 Å². The molecule has 80 heavy (non-hydrogen) atoms. The monoisotopic (exact) mass is 1150 g/mol. The highest BCUT2D eigenvalue weighted by atomic mass is 16.8. The van der Waals surface area contributed by atoms with Crippen LogP contribution in [0, 0.1) is 0 Å². The van der Waals surface area contributed by atoms with E-state index in [1.165, 1.54) is 141 Å². The van der Waals surface area contributed by atoms with Crippen LogP contribution in [0.2, 0.25) is 0 Å². The lowest BCUT2D eigenvalue weighted by Gasteiger charge is -2.48. The molecule has 17 atom stereocenters. The number of aliphatic hydroxyl groups is 11. The molecule has 3 heterocycles. The number of allylic oxidation sites excluding steroid dienone is 3. The first kappa shape index (κ1) is 72.5. The average molecular weight is 1150 g/mol. The minimum Gasteiger partial charge on any atom is -0.394 e. The first-order valence-electron chi connectivity index (χ1n) is 31.6. The van der Waals surface area contributed by atoms with Crippen molar-refractivity contribution in [2.24, 2.45) is 0 Å². The molecule has 3 aliphatic heterocycles. The van der Waals surface area contributed by atoms with Crippen molar-refractivity contribution >= 4 is 5.91 Å². The summed E-state index contributed by atoms with van der Waals surface area (Å²) in [5.41, 5.74) is 0. The molecule has 17 unspecified atom stereocenters. The van der Waals surface area contributed by atoms with E-state index < -0.39 is 124 Å². The fourth-order valence-electron chi connectivity index (χ4n) is 10.8. The molecule has 0 saturated carbocycles. The molecule has 3 fully saturated rings. The Morgan fingerprint density at radius 1 is 0.438 bits per heavy atom. The number of rotatable bonds is 47. The van der Waals surface area contributed by atoms with Gasteiger partial charge in [0.2, 0.25) is 5.91 Å². The minimum atomic E-state index is -1.98. The van der Waals surface area contributed by atoms with Gasteiger partial charge in [-0.05, 0) is 32.1 Å². The summed E-state index contributed by atoms with van der Waals surface area (Å²) in [4.78, 5) is 13.2. The number of hydrogen-bond acceptors (Lipinski definition) is 18. The molecule has 19 heteroatoms. The molecule has 19 nitrogen and oxygen atoms in total. The normalized spacial score (nSPS) is 30.1. The molecular formula is C61H113NO18. The Morgan fingerprint density at radius 2 is 0.800 bits per heavy atom. The average Bonchev–Trinajstić information content (AvgIpc) is 3.55. The number of hydrogen-bond donors (Lipinski definition) is 12. The number of carbonyl (C=O) groups excluding carboxylic acids is 1. The molecule has 3 saturated heterocycles. The first-order chi connectivity index (χ1) is 38.8. The highest BCUT2D eigenvalue weighted by Crippen LogP contribution is 2.33. The SMILES string of the molecule is CCCCCCCCCCCCCCCCCCCCCCCC/C=C/CC/C=C/C(O)C(COC1OC(CO)C(OC2OC(CO)C(OC3OC(CO)C(O)C(O)C3O)C(O)C2O)C(O)C1O)NC(=O)CCCCCCCCC. The Hall–Kier alpha value is -1.73. The molecule has 0 aliphatic carbocycles. The van der Waals surface area contributed by atoms with Crippen LogP contribution in [-0.2, 0) is 33.2 Å². The number of carbonyl (C=O) groups is 1. The summed E-state index contributed by atoms with van der Waals surface area (Å²) in [5, 5.41) is 120. The van der Waals surface area contributed by atoms with Crippen LogP contribution < -0.4 is 5.32 Å². The van der Waals surface area contributed by atoms with Gasteiger partial charge in [0.25, 0.3) is 0 Å². The Balaban J connectivity index is 1.40. The second kappa shape index (κ2) is 44.7. The van der Waals surface area contributed by atoms with Gasteiger partial charge >= 0.3 is 0 Å². The van der Waals surface area contributed by atoms with E-state index in [2.05, 4.69) is 31.3 Å². The van der Waals surface area contributed by atoms with Crippen molar-refractivity contribution in [3.63, 3.8) is 0 Å². The van der Waals surface area contributed by atoms with Gasteiger partial charge < -0.3 is 89.9 Å². The number of amides is 1. The van der Waals surface area contributed by atoms with Gasteiger partial charge in [0, 0.05) is 6.42 Å². The van der Waals surface area contributed by atoms with E-state index in [-0.39, 0.29) is 18.9 Å². The maximum atomic E-state index is 13.2. The molecule has 3 aliphatic rings. The lowest BCUT2D eigenvalue weighted by molar-refractivity contribution is -0.379. The van der Waals surface area contributed by atoms with Crippen LogP contribution in [0.3, 0.4) is 0 Å². The smallest absolute Gasteiger partial charge is 0.220 e. The van der Waals surface area contributed by atoms with Crippen molar-refractivity contribution in [3.05, 3.63) is 24.3 Å². The van der Waals surface area contributed by atoms with Crippen molar-refractivity contribution < 1.29 is 89.4 Å². The third kappa shape index (κ3) is 28.0. The van der Waals surface area contributed by atoms with Crippen LogP contribution in [0.15, 0.2) is 24.3 Å². The van der Waals surface area contributed by atoms with Gasteiger partial charge in [0.1, 0.15) is 73.2 Å². The van der Waals surface area contributed by atoms with Crippen molar-refractivity contribution in [1.82, 2.24) is 5.32 Å². The zero-order valence-electron chi connectivity index (χ0n) is 49.1. The van der Waals surface area contributed by atoms with Gasteiger partial charge in [-0.25, -0.2) is 0 Å². The highest BCUT2D eigenvalue weighted by Gasteiger charge is 2.53. The van der Waals surface area contributed by atoms with Gasteiger partial charge in [-0.15, -0.1) is 0 Å². The summed E-state index contributed by atoms with van der Waals surface area (Å²) in [6.45, 7) is 1.65. The van der Waals surface area contributed by atoms with Crippen molar-refractivity contribution in [2.45, 2.75) is 330 Å². The number of aliphatic hydroxyl groups excluding tert-OH is 11. The predicted molar refractivity (Wildman–Crippen MR) is 305 cm³/mol. The zero-order valence-corrected chi connectivity index (χ0v) is 49.1. The second-order valence-corrected chi connectivity index (χ2v) is 22.9. The Morgan fingerprint density at radius 3 is 1.25 bits per heavy atom. The summed E-state index contributed by atoms with van der Waals surface area (Å²) in [6.07, 6.45) is 20.9. The molecule has 1 amide bonds. The van der Waals surface area contributed by atoms with Gasteiger partial charge in [0.15, 0.2) is 18.9 Å². The van der Waals surface area contributed by atoms with Crippen LogP contribution in [0.5, 0.6) is 0 Å². The maximum absolute atomic E-state index is 13.2. The summed E-state index contributed by atoms with van der Waals surface area (Å²) in [6, 6.07) is -0.983. The molecule has 0 aromatic carbocycles. The third-order valence-corrected chi connectivity index (χ3v) is 16.0. The van der Waals surface area contributed by atoms with Crippen LogP contribution >= 0.6 is 0 Å². The number of nitrogens with one attached hydrogen (secondary N) is 1. The fourth-order valence-corrected chi connectivity index (χ4v) is 10.8. The van der Waals surface area contributed by atoms with Crippen molar-refractivity contribution in [1.29, 1.82) is 0 Å². The van der Waals surface area contributed by atoms with Gasteiger partial charge in [-0.1, -0.05) is 212 Å². The van der Waals surface area contributed by atoms with Crippen molar-refractivity contribution in [3.8, 4) is 0 Å². The largest absolute Gasteiger partial charge is 0.394 e. The molecule has 0 aromatic heterocycles. The lowest BCUT2D eigenvalue weighted by Crippen LogP contribution is -2.66. The van der Waals surface area contributed by atoms with E-state index in [0.717, 1.165) is 51.4 Å². The van der Waals surface area contributed by atoms with E-state index in [0.29, 0.717) is 12.8 Å². The molecule has 0 aromatic rings. The van der Waals surface area contributed by atoms with E-state index in [9.17, 15) is 61.0 Å². The standard InChI is InChI=1S/C61H113NO18/c1-3-5-7-9-11-12-13-14-15-16-17-18-19-20-21-22-23-24-25-26-27-28-29-30-31-33-34-36-38-45(66)44(62-49(67)39-37-35-32-10-8-6-4-2)43-75-59-55(73)52(70)57(47(41-64)77-59)80-61-56(74)53(71)58(48(42-65)78-61)79-60-54(72)51(69)50(68)46(40-63)76-60/h30-31,36,38,44-48,50-61,63-66,68-74H,3-29,32-35,37,39-43H2,1-2H3,(H,62,67)/b31-30+,38-36+. The Labute approximate surface area is 479 Å². The summed E-state index contributed by atoms with van der Waals surface area (Å²) in [5.74, 6) is -0.292. The number of ether oxygens (including phenoxy) is 6. The first-order valence-corrected chi connectivity index (χ1v) is 31.6. The molecule has 0 radical (unpaired) electrons. The van der Waals surface area contributed by atoms with E-state index in [1.807, 2.05) is 6.08 Å². The van der Waals surface area contributed by atoms with Crippen molar-refractivity contribution in [2.75, 3.05) is 26.4 Å². The second-order valence-electron chi connectivity index (χ2n) is 22.9. The molecular weight excluding hydrogens is 1030 g/mol. The predicted octanol–water partition coefficient (Wildman–Crippen LogP) is 6.32. The molecule has 0 spiro atoms. The summed E-state index contributed by atoms with van der Waals surface area (Å²) in [7, 11) is 0. The molecule has 3 rings (SSSR count). The van der Waals surface area contributed by atoms with E-state index >= 15 is 0 Å². The quantitative estimate of drug-likeness (QED) is 0.0234. The van der Waals surface area contributed by atoms with Crippen LogP contribution in [-0.4, -0.2) is 193 Å². The fraction of sp³-hybridized carbons (Fsp3) is 0.918. The highest BCUT2D eigenvalue weighted by molar-refractivity contribution is 5.76. The minimum absolute atomic E-state index is 0.236. The Bertz CT molecular complexity index is 1560. The molecule has 0 bridgehead atoms. The van der Waals surface area contributed by atoms with Crippen LogP contribution in [0.25, 0.3) is 0 Å². The van der Waals surface area contributed by atoms with Gasteiger partial charge in [0.05, 0.1) is 38.6 Å². The Kier molecular flexibility index (Phi) is 40.5. The molecule has 470 valence electrons. The third-order valence-electron chi connectivity index (χ3n) is 16.0. The lowest BCUT2D eigenvalue weighted by atomic mass is 9.96. The topological polar surface area (TPSA) is 307 Å². The van der Waals surface area contributed by atoms with Crippen LogP contribution in [0.4, 0.5) is 0 Å². The maximum Gasteiger partial charge on any atom is 0.220 e.